The van der Waals surface area contributed by atoms with Crippen molar-refractivity contribution < 1.29 is 8.42 Å². The third-order valence-electron chi connectivity index (χ3n) is 2.92. The molecule has 4 nitrogen and oxygen atoms in total. The molecular formula is C13H20N2O2S. The lowest BCUT2D eigenvalue weighted by molar-refractivity contribution is 0.575. The number of aryl methyl sites for hydroxylation is 2. The van der Waals surface area contributed by atoms with Crippen LogP contribution in [0.5, 0.6) is 0 Å². The van der Waals surface area contributed by atoms with E-state index in [0.29, 0.717) is 16.8 Å². The van der Waals surface area contributed by atoms with Crippen molar-refractivity contribution in [1.82, 2.24) is 4.72 Å². The molecule has 1 aromatic carbocycles. The summed E-state index contributed by atoms with van der Waals surface area (Å²) in [6.07, 6.45) is 1.54. The van der Waals surface area contributed by atoms with Gasteiger partial charge in [-0.25, -0.2) is 13.1 Å². The zero-order chi connectivity index (χ0) is 14.1. The number of sulfonamides is 1. The van der Waals surface area contributed by atoms with Crippen LogP contribution in [0.15, 0.2) is 23.6 Å². The fraction of sp³-hybridized carbons (Fsp3) is 0.385. The van der Waals surface area contributed by atoms with E-state index in [1.807, 2.05) is 6.92 Å². The van der Waals surface area contributed by atoms with E-state index >= 15 is 0 Å². The summed E-state index contributed by atoms with van der Waals surface area (Å²) in [5, 5.41) is 0. The predicted octanol–water partition coefficient (Wildman–Crippen LogP) is 2.05. The molecule has 0 aliphatic carbocycles. The fourth-order valence-electron chi connectivity index (χ4n) is 1.95. The molecule has 1 atom stereocenters. The highest BCUT2D eigenvalue weighted by Crippen LogP contribution is 2.27. The smallest absolute Gasteiger partial charge is 0.241 e. The number of rotatable bonds is 4. The van der Waals surface area contributed by atoms with Gasteiger partial charge < -0.3 is 5.73 Å². The van der Waals surface area contributed by atoms with Crippen LogP contribution in [0, 0.1) is 20.8 Å². The molecule has 0 radical (unpaired) electrons. The molecule has 0 saturated carbocycles. The minimum atomic E-state index is -3.57. The van der Waals surface area contributed by atoms with Crippen molar-refractivity contribution in [2.24, 2.45) is 0 Å². The van der Waals surface area contributed by atoms with E-state index in [1.165, 1.54) is 0 Å². The number of hydrogen-bond donors (Lipinski definition) is 2. The number of benzene rings is 1. The summed E-state index contributed by atoms with van der Waals surface area (Å²) in [4.78, 5) is 0.263. The lowest BCUT2D eigenvalue weighted by Gasteiger charge is -2.17. The van der Waals surface area contributed by atoms with E-state index < -0.39 is 10.0 Å². The number of nitrogens with one attached hydrogen (secondary N) is 1. The Hall–Kier alpha value is -1.33. The first-order valence-corrected chi connectivity index (χ1v) is 7.20. The number of hydrogen-bond acceptors (Lipinski definition) is 3. The Labute approximate surface area is 109 Å². The lowest BCUT2D eigenvalue weighted by Crippen LogP contribution is -2.32. The molecule has 0 amide bonds. The molecule has 0 aliphatic rings. The second-order valence-corrected chi connectivity index (χ2v) is 6.17. The van der Waals surface area contributed by atoms with Crippen LogP contribution >= 0.6 is 0 Å². The average Bonchev–Trinajstić information content (AvgIpc) is 2.24. The third kappa shape index (κ3) is 2.73. The summed E-state index contributed by atoms with van der Waals surface area (Å²) in [6.45, 7) is 10.7. The van der Waals surface area contributed by atoms with Crippen LogP contribution in [0.25, 0.3) is 0 Å². The fourth-order valence-corrected chi connectivity index (χ4v) is 3.65. The number of anilines is 1. The van der Waals surface area contributed by atoms with Gasteiger partial charge in [-0.2, -0.15) is 0 Å². The van der Waals surface area contributed by atoms with E-state index in [0.717, 1.165) is 5.56 Å². The molecule has 0 fully saturated rings. The first-order chi connectivity index (χ1) is 8.20. The molecule has 0 heterocycles. The summed E-state index contributed by atoms with van der Waals surface area (Å²) >= 11 is 0. The van der Waals surface area contributed by atoms with E-state index in [4.69, 9.17) is 5.73 Å². The van der Waals surface area contributed by atoms with Crippen molar-refractivity contribution in [3.05, 3.63) is 35.4 Å². The highest BCUT2D eigenvalue weighted by Gasteiger charge is 2.22. The highest BCUT2D eigenvalue weighted by molar-refractivity contribution is 7.89. The Balaban J connectivity index is 3.42. The van der Waals surface area contributed by atoms with E-state index in [-0.39, 0.29) is 10.9 Å². The zero-order valence-corrected chi connectivity index (χ0v) is 12.1. The van der Waals surface area contributed by atoms with Crippen molar-refractivity contribution in [3.63, 3.8) is 0 Å². The zero-order valence-electron chi connectivity index (χ0n) is 11.2. The molecule has 3 N–H and O–H groups in total. The van der Waals surface area contributed by atoms with Gasteiger partial charge in [0.05, 0.1) is 4.90 Å². The highest BCUT2D eigenvalue weighted by atomic mass is 32.2. The van der Waals surface area contributed by atoms with Crippen LogP contribution in [0.2, 0.25) is 0 Å². The summed E-state index contributed by atoms with van der Waals surface area (Å²) in [5.41, 5.74) is 8.60. The lowest BCUT2D eigenvalue weighted by atomic mass is 10.1. The van der Waals surface area contributed by atoms with Gasteiger partial charge in [-0.1, -0.05) is 12.1 Å². The van der Waals surface area contributed by atoms with Gasteiger partial charge >= 0.3 is 0 Å². The summed E-state index contributed by atoms with van der Waals surface area (Å²) < 4.78 is 27.1. The molecular weight excluding hydrogens is 248 g/mol. The van der Waals surface area contributed by atoms with Gasteiger partial charge in [0.2, 0.25) is 10.0 Å². The second-order valence-electron chi connectivity index (χ2n) is 4.52. The third-order valence-corrected chi connectivity index (χ3v) is 4.77. The molecule has 5 heteroatoms. The van der Waals surface area contributed by atoms with Crippen LogP contribution in [-0.4, -0.2) is 14.5 Å². The Morgan fingerprint density at radius 2 is 1.89 bits per heavy atom. The quantitative estimate of drug-likeness (QED) is 0.648. The van der Waals surface area contributed by atoms with Crippen molar-refractivity contribution in [1.29, 1.82) is 0 Å². The van der Waals surface area contributed by atoms with Gasteiger partial charge in [0.15, 0.2) is 0 Å². The van der Waals surface area contributed by atoms with Gasteiger partial charge in [-0.3, -0.25) is 0 Å². The van der Waals surface area contributed by atoms with E-state index in [9.17, 15) is 8.42 Å². The molecule has 1 aromatic rings. The molecule has 0 saturated heterocycles. The normalized spacial score (nSPS) is 13.3. The van der Waals surface area contributed by atoms with Crippen LogP contribution in [0.3, 0.4) is 0 Å². The first kappa shape index (κ1) is 14.7. The minimum absolute atomic E-state index is 0.263. The minimum Gasteiger partial charge on any atom is -0.398 e. The average molecular weight is 268 g/mol. The Morgan fingerprint density at radius 3 is 2.39 bits per heavy atom. The largest absolute Gasteiger partial charge is 0.398 e. The summed E-state index contributed by atoms with van der Waals surface area (Å²) in [5.74, 6) is 0. The maximum absolute atomic E-state index is 12.3. The van der Waals surface area contributed by atoms with Crippen molar-refractivity contribution >= 4 is 15.7 Å². The summed E-state index contributed by atoms with van der Waals surface area (Å²) in [7, 11) is -3.57. The van der Waals surface area contributed by atoms with Crippen LogP contribution in [0.1, 0.15) is 23.6 Å². The Kier molecular flexibility index (Phi) is 4.19. The molecule has 0 aromatic heterocycles. The van der Waals surface area contributed by atoms with E-state index in [2.05, 4.69) is 11.3 Å². The standard InChI is InChI=1S/C13H20N2O2S/c1-6-10(4)15-18(16,17)13-9(3)7-8(2)12(14)11(13)5/h6-7,10,15H,1,14H2,2-5H3. The van der Waals surface area contributed by atoms with Crippen LogP contribution in [-0.2, 0) is 10.0 Å². The maximum atomic E-state index is 12.3. The molecule has 0 bridgehead atoms. The SMILES string of the molecule is C=CC(C)NS(=O)(=O)c1c(C)cc(C)c(N)c1C. The van der Waals surface area contributed by atoms with Gasteiger partial charge in [-0.15, -0.1) is 6.58 Å². The molecule has 0 spiro atoms. The molecule has 0 aliphatic heterocycles. The van der Waals surface area contributed by atoms with Crippen molar-refractivity contribution in [2.45, 2.75) is 38.6 Å². The Morgan fingerprint density at radius 1 is 1.33 bits per heavy atom. The summed E-state index contributed by atoms with van der Waals surface area (Å²) in [6, 6.07) is 1.46. The van der Waals surface area contributed by atoms with Crippen LogP contribution < -0.4 is 10.5 Å². The second kappa shape index (κ2) is 5.12. The number of nitrogen functional groups attached to an aromatic ring is 1. The molecule has 18 heavy (non-hydrogen) atoms. The van der Waals surface area contributed by atoms with Gasteiger partial charge in [-0.05, 0) is 44.4 Å². The number of nitrogens with two attached hydrogens (primary N) is 1. The van der Waals surface area contributed by atoms with Gasteiger partial charge in [0.25, 0.3) is 0 Å². The molecule has 100 valence electrons. The van der Waals surface area contributed by atoms with Gasteiger partial charge in [0, 0.05) is 11.7 Å². The van der Waals surface area contributed by atoms with Crippen molar-refractivity contribution in [3.8, 4) is 0 Å². The predicted molar refractivity (Wildman–Crippen MR) is 75.0 cm³/mol. The molecule has 1 unspecified atom stereocenters. The molecule has 1 rings (SSSR count). The Bertz CT molecular complexity index is 577. The van der Waals surface area contributed by atoms with Gasteiger partial charge in [0.1, 0.15) is 0 Å². The monoisotopic (exact) mass is 268 g/mol. The van der Waals surface area contributed by atoms with E-state index in [1.54, 1.807) is 32.9 Å². The topological polar surface area (TPSA) is 72.2 Å². The maximum Gasteiger partial charge on any atom is 0.241 e. The van der Waals surface area contributed by atoms with Crippen molar-refractivity contribution in [2.75, 3.05) is 5.73 Å². The van der Waals surface area contributed by atoms with Crippen LogP contribution in [0.4, 0.5) is 5.69 Å². The first-order valence-electron chi connectivity index (χ1n) is 5.72.